The molecule has 124 valence electrons. The number of aromatic nitrogens is 2. The van der Waals surface area contributed by atoms with E-state index in [1.165, 1.54) is 0 Å². The summed E-state index contributed by atoms with van der Waals surface area (Å²) in [5.74, 6) is 1.23. The summed E-state index contributed by atoms with van der Waals surface area (Å²) in [6.45, 7) is 5.10. The van der Waals surface area contributed by atoms with Gasteiger partial charge in [0.1, 0.15) is 12.4 Å². The van der Waals surface area contributed by atoms with Crippen LogP contribution in [-0.2, 0) is 11.3 Å². The maximum atomic E-state index is 12.3. The summed E-state index contributed by atoms with van der Waals surface area (Å²) >= 11 is 3.50. The van der Waals surface area contributed by atoms with E-state index in [-0.39, 0.29) is 12.5 Å². The van der Waals surface area contributed by atoms with E-state index in [0.717, 1.165) is 26.9 Å². The first kappa shape index (κ1) is 16.7. The van der Waals surface area contributed by atoms with Crippen LogP contribution in [0.15, 0.2) is 53.0 Å². The lowest BCUT2D eigenvalue weighted by atomic mass is 10.2. The van der Waals surface area contributed by atoms with Crippen molar-refractivity contribution >= 4 is 32.9 Å². The fourth-order valence-corrected chi connectivity index (χ4v) is 3.00. The van der Waals surface area contributed by atoms with Crippen molar-refractivity contribution in [1.29, 1.82) is 0 Å². The predicted octanol–water partition coefficient (Wildman–Crippen LogP) is 4.24. The van der Waals surface area contributed by atoms with E-state index in [0.29, 0.717) is 12.5 Å². The molecule has 0 atom stereocenters. The first-order valence-electron chi connectivity index (χ1n) is 8.02. The quantitative estimate of drug-likeness (QED) is 0.713. The molecule has 1 amide bonds. The molecule has 0 saturated heterocycles. The van der Waals surface area contributed by atoms with E-state index in [9.17, 15) is 4.79 Å². The molecule has 0 saturated carbocycles. The molecular weight excluding hydrogens is 366 g/mol. The summed E-state index contributed by atoms with van der Waals surface area (Å²) < 4.78 is 2.97. The molecule has 3 rings (SSSR count). The zero-order valence-corrected chi connectivity index (χ0v) is 15.4. The predicted molar refractivity (Wildman–Crippen MR) is 101 cm³/mol. The van der Waals surface area contributed by atoms with E-state index in [4.69, 9.17) is 4.98 Å². The molecule has 0 spiro atoms. The summed E-state index contributed by atoms with van der Waals surface area (Å²) in [6.07, 6.45) is 0. The van der Waals surface area contributed by atoms with Crippen LogP contribution in [0.25, 0.3) is 22.4 Å². The number of para-hydroxylation sites is 2. The molecule has 0 aliphatic carbocycles. The van der Waals surface area contributed by atoms with Crippen molar-refractivity contribution in [2.45, 2.75) is 20.4 Å². The van der Waals surface area contributed by atoms with Gasteiger partial charge in [-0.3, -0.25) is 4.79 Å². The van der Waals surface area contributed by atoms with Gasteiger partial charge in [0.25, 0.3) is 0 Å². The minimum absolute atomic E-state index is 0.00287. The highest BCUT2D eigenvalue weighted by molar-refractivity contribution is 9.10. The number of benzene rings is 2. The van der Waals surface area contributed by atoms with Gasteiger partial charge in [-0.25, -0.2) is 4.98 Å². The molecule has 0 bridgehead atoms. The maximum absolute atomic E-state index is 12.3. The Kier molecular flexibility index (Phi) is 5.00. The topological polar surface area (TPSA) is 46.9 Å². The van der Waals surface area contributed by atoms with Gasteiger partial charge in [-0.15, -0.1) is 0 Å². The first-order chi connectivity index (χ1) is 11.5. The van der Waals surface area contributed by atoms with E-state index in [2.05, 4.69) is 35.1 Å². The van der Waals surface area contributed by atoms with E-state index < -0.39 is 0 Å². The Morgan fingerprint density at radius 3 is 2.75 bits per heavy atom. The molecule has 0 radical (unpaired) electrons. The van der Waals surface area contributed by atoms with Gasteiger partial charge in [0.2, 0.25) is 5.91 Å². The molecule has 1 heterocycles. The zero-order valence-electron chi connectivity index (χ0n) is 13.8. The van der Waals surface area contributed by atoms with Gasteiger partial charge in [0.05, 0.1) is 11.0 Å². The second-order valence-electron chi connectivity index (χ2n) is 6.22. The molecule has 1 N–H and O–H groups in total. The fourth-order valence-electron chi connectivity index (χ4n) is 2.60. The van der Waals surface area contributed by atoms with Crippen LogP contribution in [-0.4, -0.2) is 22.0 Å². The third-order valence-corrected chi connectivity index (χ3v) is 4.24. The Balaban J connectivity index is 2.01. The van der Waals surface area contributed by atoms with Crippen LogP contribution in [0.5, 0.6) is 0 Å². The van der Waals surface area contributed by atoms with Crippen LogP contribution in [0.3, 0.4) is 0 Å². The highest BCUT2D eigenvalue weighted by Crippen LogP contribution is 2.26. The number of fused-ring (bicyclic) bond motifs is 1. The lowest BCUT2D eigenvalue weighted by Gasteiger charge is -2.11. The van der Waals surface area contributed by atoms with Crippen LogP contribution >= 0.6 is 15.9 Å². The van der Waals surface area contributed by atoms with Crippen molar-refractivity contribution in [2.75, 3.05) is 6.54 Å². The molecule has 0 fully saturated rings. The Bertz CT molecular complexity index is 870. The molecule has 0 aliphatic heterocycles. The largest absolute Gasteiger partial charge is 0.354 e. The second-order valence-corrected chi connectivity index (χ2v) is 7.13. The maximum Gasteiger partial charge on any atom is 0.240 e. The molecule has 5 heteroatoms. The van der Waals surface area contributed by atoms with Gasteiger partial charge in [-0.2, -0.15) is 0 Å². The number of rotatable bonds is 5. The molecule has 24 heavy (non-hydrogen) atoms. The van der Waals surface area contributed by atoms with Crippen molar-refractivity contribution in [1.82, 2.24) is 14.9 Å². The number of carbonyl (C=O) groups is 1. The fraction of sp³-hybridized carbons (Fsp3) is 0.263. The Labute approximate surface area is 150 Å². The average molecular weight is 386 g/mol. The third-order valence-electron chi connectivity index (χ3n) is 3.75. The first-order valence-corrected chi connectivity index (χ1v) is 8.82. The normalized spacial score (nSPS) is 11.2. The number of imidazole rings is 1. The van der Waals surface area contributed by atoms with Crippen LogP contribution in [0.1, 0.15) is 13.8 Å². The van der Waals surface area contributed by atoms with Crippen LogP contribution < -0.4 is 5.32 Å². The second kappa shape index (κ2) is 7.18. The minimum Gasteiger partial charge on any atom is -0.354 e. The summed E-state index contributed by atoms with van der Waals surface area (Å²) in [7, 11) is 0. The highest BCUT2D eigenvalue weighted by Gasteiger charge is 2.15. The number of hydrogen-bond donors (Lipinski definition) is 1. The SMILES string of the molecule is CC(C)CNC(=O)Cn1c(-c2cccc(Br)c2)nc2ccccc21. The average Bonchev–Trinajstić information content (AvgIpc) is 2.92. The van der Waals surface area contributed by atoms with Crippen molar-refractivity contribution in [3.8, 4) is 11.4 Å². The number of halogens is 1. The smallest absolute Gasteiger partial charge is 0.240 e. The zero-order chi connectivity index (χ0) is 17.1. The molecule has 1 aromatic heterocycles. The van der Waals surface area contributed by atoms with Gasteiger partial charge >= 0.3 is 0 Å². The van der Waals surface area contributed by atoms with Crippen molar-refractivity contribution in [3.05, 3.63) is 53.0 Å². The summed E-state index contributed by atoms with van der Waals surface area (Å²) in [5.41, 5.74) is 2.84. The van der Waals surface area contributed by atoms with Crippen molar-refractivity contribution < 1.29 is 4.79 Å². The van der Waals surface area contributed by atoms with E-state index >= 15 is 0 Å². The summed E-state index contributed by atoms with van der Waals surface area (Å²) in [6, 6.07) is 15.9. The monoisotopic (exact) mass is 385 g/mol. The van der Waals surface area contributed by atoms with Crippen LogP contribution in [0.4, 0.5) is 0 Å². The molecule has 3 aromatic rings. The Morgan fingerprint density at radius 2 is 2.00 bits per heavy atom. The standard InChI is InChI=1S/C19H20BrN3O/c1-13(2)11-21-18(24)12-23-17-9-4-3-8-16(17)22-19(23)14-6-5-7-15(20)10-14/h3-10,13H,11-12H2,1-2H3,(H,21,24). The molecule has 2 aromatic carbocycles. The highest BCUT2D eigenvalue weighted by atomic mass is 79.9. The Morgan fingerprint density at radius 1 is 1.21 bits per heavy atom. The summed E-state index contributed by atoms with van der Waals surface area (Å²) in [5, 5.41) is 2.98. The number of carbonyl (C=O) groups excluding carboxylic acids is 1. The lowest BCUT2D eigenvalue weighted by molar-refractivity contribution is -0.121. The molecule has 0 aliphatic rings. The van der Waals surface area contributed by atoms with Gasteiger partial charge in [0, 0.05) is 16.6 Å². The summed E-state index contributed by atoms with van der Waals surface area (Å²) in [4.78, 5) is 17.1. The number of hydrogen-bond acceptors (Lipinski definition) is 2. The number of nitrogens with zero attached hydrogens (tertiary/aromatic N) is 2. The lowest BCUT2D eigenvalue weighted by Crippen LogP contribution is -2.30. The molecule has 0 unspecified atom stereocenters. The van der Waals surface area contributed by atoms with Crippen LogP contribution in [0.2, 0.25) is 0 Å². The number of nitrogens with one attached hydrogen (secondary N) is 1. The van der Waals surface area contributed by atoms with Crippen molar-refractivity contribution in [2.24, 2.45) is 5.92 Å². The van der Waals surface area contributed by atoms with Gasteiger partial charge in [0.15, 0.2) is 0 Å². The molecular formula is C19H20BrN3O. The van der Waals surface area contributed by atoms with Gasteiger partial charge in [-0.05, 0) is 30.2 Å². The minimum atomic E-state index is 0.00287. The third kappa shape index (κ3) is 3.67. The Hall–Kier alpha value is -2.14. The number of amides is 1. The van der Waals surface area contributed by atoms with E-state index in [1.807, 2.05) is 53.1 Å². The van der Waals surface area contributed by atoms with Gasteiger partial charge in [-0.1, -0.05) is 54.0 Å². The van der Waals surface area contributed by atoms with Crippen LogP contribution in [0, 0.1) is 5.92 Å². The van der Waals surface area contributed by atoms with E-state index in [1.54, 1.807) is 0 Å². The van der Waals surface area contributed by atoms with Gasteiger partial charge < -0.3 is 9.88 Å². The molecule has 4 nitrogen and oxygen atoms in total. The van der Waals surface area contributed by atoms with Crippen molar-refractivity contribution in [3.63, 3.8) is 0 Å².